The van der Waals surface area contributed by atoms with Crippen molar-refractivity contribution in [2.24, 2.45) is 68.0 Å². The summed E-state index contributed by atoms with van der Waals surface area (Å²) in [6.45, 7) is 23.3. The number of rotatable bonds is 14. The SMILES string of the molecule is CCOP(=O)(NC[C@]1(C)CCC[C@]2(C)[C@@H]1CC[C@@]13CC(=O)[C@@H](C[C@H]12)[C@@](C)(O)C3)OCC.CCOP(=O)(NC[C@]1(C)CCC[C@]2(C)[C@@H]1CC[C@@]13CC(=O)[C@@H](C[C@H]12)[C@@](C)(O)C3)OCC. The van der Waals surface area contributed by atoms with Crippen LogP contribution in [0.5, 0.6) is 0 Å². The van der Waals surface area contributed by atoms with Gasteiger partial charge in [0.05, 0.1) is 37.6 Å². The van der Waals surface area contributed by atoms with E-state index in [1.165, 1.54) is 12.8 Å². The summed E-state index contributed by atoms with van der Waals surface area (Å²) in [6.07, 6.45) is 15.5. The Labute approximate surface area is 373 Å². The first-order valence-corrected chi connectivity index (χ1v) is 27.7. The number of Topliss-reactive ketones (excluding diaryl/α,β-unsaturated/α-hetero) is 2. The predicted molar refractivity (Wildman–Crippen MR) is 241 cm³/mol. The number of hydrogen-bond donors (Lipinski definition) is 4. The van der Waals surface area contributed by atoms with Crippen LogP contribution in [0.4, 0.5) is 0 Å². The molecule has 10 saturated carbocycles. The molecular weight excluding hydrogens is 826 g/mol. The van der Waals surface area contributed by atoms with E-state index in [1.54, 1.807) is 0 Å². The maximum absolute atomic E-state index is 13.1. The fraction of sp³-hybridized carbons (Fsp3) is 0.958. The third-order valence-electron chi connectivity index (χ3n) is 19.4. The molecule has 12 nitrogen and oxygen atoms in total. The Hall–Kier alpha value is -0.520. The molecule has 0 amide bonds. The molecule has 0 saturated heterocycles. The minimum absolute atomic E-state index is 0.00168. The Morgan fingerprint density at radius 3 is 1.19 bits per heavy atom. The normalized spacial score (nSPS) is 47.2. The van der Waals surface area contributed by atoms with Crippen LogP contribution in [-0.2, 0) is 36.8 Å². The van der Waals surface area contributed by atoms with Crippen LogP contribution in [0, 0.1) is 68.0 Å². The van der Waals surface area contributed by atoms with Gasteiger partial charge in [0.2, 0.25) is 0 Å². The van der Waals surface area contributed by atoms with E-state index in [4.69, 9.17) is 18.1 Å². The standard InChI is InChI=1S/2C24H42NO5P/c2*1-6-29-31(28,30-7-2)25-16-21(3)10-8-11-22(4)19(21)9-12-24-14-18(26)17(13-20(22)24)23(5,27)15-24/h2*17,19-20,27H,6-16H2,1-5H3,(H,25,28)/t2*17-,19-,20+,21+,22-,23+,24+/m11/s1. The van der Waals surface area contributed by atoms with Crippen molar-refractivity contribution in [1.29, 1.82) is 0 Å². The predicted octanol–water partition coefficient (Wildman–Crippen LogP) is 10.2. The second kappa shape index (κ2) is 17.2. The van der Waals surface area contributed by atoms with Gasteiger partial charge < -0.3 is 10.2 Å². The van der Waals surface area contributed by atoms with E-state index in [9.17, 15) is 28.9 Å². The fourth-order valence-electron chi connectivity index (χ4n) is 17.3. The van der Waals surface area contributed by atoms with Gasteiger partial charge in [-0.1, -0.05) is 40.5 Å². The Morgan fingerprint density at radius 2 is 0.887 bits per heavy atom. The van der Waals surface area contributed by atoms with Crippen molar-refractivity contribution < 1.29 is 47.0 Å². The molecule has 10 aliphatic carbocycles. The summed E-state index contributed by atoms with van der Waals surface area (Å²) in [5.41, 5.74) is -1.50. The topological polar surface area (TPSA) is 170 Å². The molecule has 0 radical (unpaired) electrons. The van der Waals surface area contributed by atoms with Crippen molar-refractivity contribution in [2.75, 3.05) is 39.5 Å². The number of nitrogens with one attached hydrogen (secondary N) is 2. The molecule has 4 bridgehead atoms. The molecule has 14 atom stereocenters. The highest BCUT2D eigenvalue weighted by Crippen LogP contribution is 2.74. The molecule has 356 valence electrons. The van der Waals surface area contributed by atoms with Crippen LogP contribution in [0.2, 0.25) is 0 Å². The molecule has 0 aromatic heterocycles. The Morgan fingerprint density at radius 1 is 0.548 bits per heavy atom. The van der Waals surface area contributed by atoms with Crippen molar-refractivity contribution in [3.63, 3.8) is 0 Å². The van der Waals surface area contributed by atoms with Gasteiger partial charge in [0.15, 0.2) is 0 Å². The van der Waals surface area contributed by atoms with Crippen LogP contribution >= 0.6 is 15.5 Å². The van der Waals surface area contributed by atoms with E-state index in [0.717, 1.165) is 77.0 Å². The number of carbonyl (C=O) groups excluding carboxylic acids is 2. The van der Waals surface area contributed by atoms with Crippen molar-refractivity contribution in [3.05, 3.63) is 0 Å². The second-order valence-electron chi connectivity index (χ2n) is 23.3. The van der Waals surface area contributed by atoms with E-state index < -0.39 is 26.7 Å². The minimum Gasteiger partial charge on any atom is -0.389 e. The Balaban J connectivity index is 0.000000186. The lowest BCUT2D eigenvalue weighted by molar-refractivity contribution is -0.224. The van der Waals surface area contributed by atoms with Crippen LogP contribution < -0.4 is 10.2 Å². The molecule has 4 N–H and O–H groups in total. The molecule has 10 fully saturated rings. The largest absolute Gasteiger partial charge is 0.405 e. The molecular formula is C48H84N2O10P2. The van der Waals surface area contributed by atoms with Gasteiger partial charge in [-0.2, -0.15) is 0 Å². The maximum atomic E-state index is 13.1. The number of hydrogen-bond acceptors (Lipinski definition) is 10. The van der Waals surface area contributed by atoms with Gasteiger partial charge in [-0.3, -0.25) is 27.7 Å². The van der Waals surface area contributed by atoms with E-state index >= 15 is 0 Å². The average Bonchev–Trinajstić information content (AvgIpc) is 3.15. The summed E-state index contributed by atoms with van der Waals surface area (Å²) < 4.78 is 48.0. The Bertz CT molecular complexity index is 1650. The molecule has 14 heteroatoms. The summed E-state index contributed by atoms with van der Waals surface area (Å²) >= 11 is 0. The number of aliphatic hydroxyl groups is 2. The van der Waals surface area contributed by atoms with Gasteiger partial charge >= 0.3 is 15.5 Å². The molecule has 2 spiro atoms. The highest BCUT2D eigenvalue weighted by atomic mass is 31.2. The quantitative estimate of drug-likeness (QED) is 0.122. The number of fused-ring (bicyclic) bond motifs is 6. The summed E-state index contributed by atoms with van der Waals surface area (Å²) in [6, 6.07) is 0. The summed E-state index contributed by atoms with van der Waals surface area (Å²) in [4.78, 5) is 25.6. The second-order valence-corrected chi connectivity index (χ2v) is 27.0. The molecule has 0 unspecified atom stereocenters. The highest BCUT2D eigenvalue weighted by Gasteiger charge is 2.70. The van der Waals surface area contributed by atoms with Crippen molar-refractivity contribution in [1.82, 2.24) is 10.2 Å². The zero-order chi connectivity index (χ0) is 45.4. The average molecular weight is 911 g/mol. The molecule has 0 aromatic carbocycles. The van der Waals surface area contributed by atoms with Crippen molar-refractivity contribution >= 4 is 27.1 Å². The third kappa shape index (κ3) is 8.41. The van der Waals surface area contributed by atoms with Crippen LogP contribution in [0.3, 0.4) is 0 Å². The lowest BCUT2D eigenvalue weighted by Gasteiger charge is -2.69. The summed E-state index contributed by atoms with van der Waals surface area (Å²) in [7, 11) is -6.58. The van der Waals surface area contributed by atoms with Crippen LogP contribution in [-0.4, -0.2) is 72.5 Å². The van der Waals surface area contributed by atoms with Gasteiger partial charge in [-0.05, 0) is 175 Å². The van der Waals surface area contributed by atoms with Crippen LogP contribution in [0.25, 0.3) is 0 Å². The van der Waals surface area contributed by atoms with E-state index in [2.05, 4.69) is 37.9 Å². The van der Waals surface area contributed by atoms with Crippen LogP contribution in [0.1, 0.15) is 172 Å². The smallest absolute Gasteiger partial charge is 0.389 e. The molecule has 0 aromatic rings. The van der Waals surface area contributed by atoms with Gasteiger partial charge in [-0.15, -0.1) is 0 Å². The third-order valence-corrected chi connectivity index (χ3v) is 22.9. The number of ketones is 2. The van der Waals surface area contributed by atoms with Crippen molar-refractivity contribution in [2.45, 2.75) is 183 Å². The van der Waals surface area contributed by atoms with E-state index in [1.807, 2.05) is 41.5 Å². The van der Waals surface area contributed by atoms with E-state index in [-0.39, 0.29) is 55.9 Å². The molecule has 10 rings (SSSR count). The van der Waals surface area contributed by atoms with Crippen molar-refractivity contribution in [3.8, 4) is 0 Å². The lowest BCUT2D eigenvalue weighted by atomic mass is 9.35. The molecule has 62 heavy (non-hydrogen) atoms. The first kappa shape index (κ1) is 49.4. The van der Waals surface area contributed by atoms with Gasteiger partial charge in [0, 0.05) is 37.8 Å². The van der Waals surface area contributed by atoms with Gasteiger partial charge in [0.1, 0.15) is 11.6 Å². The molecule has 10 aliphatic rings. The fourth-order valence-corrected chi connectivity index (χ4v) is 20.3. The zero-order valence-electron chi connectivity index (χ0n) is 40.1. The van der Waals surface area contributed by atoms with Crippen LogP contribution in [0.15, 0.2) is 0 Å². The number of carbonyl (C=O) groups is 2. The monoisotopic (exact) mass is 911 g/mol. The first-order chi connectivity index (χ1) is 28.9. The Kier molecular flexibility index (Phi) is 13.7. The highest BCUT2D eigenvalue weighted by molar-refractivity contribution is 7.51. The maximum Gasteiger partial charge on any atom is 0.405 e. The molecule has 0 aliphatic heterocycles. The van der Waals surface area contributed by atoms with E-state index in [0.29, 0.717) is 76.0 Å². The van der Waals surface area contributed by atoms with Gasteiger partial charge in [0.25, 0.3) is 0 Å². The molecule has 0 heterocycles. The van der Waals surface area contributed by atoms with Gasteiger partial charge in [-0.25, -0.2) is 19.3 Å². The first-order valence-electron chi connectivity index (χ1n) is 24.7. The zero-order valence-corrected chi connectivity index (χ0v) is 41.9. The summed E-state index contributed by atoms with van der Waals surface area (Å²) in [5.74, 6) is 2.09. The summed E-state index contributed by atoms with van der Waals surface area (Å²) in [5, 5.41) is 28.5. The minimum atomic E-state index is -3.29. The lowest BCUT2D eigenvalue weighted by Crippen LogP contribution is -2.67.